The second-order valence-corrected chi connectivity index (χ2v) is 3.58. The molecular formula is C11H16ClN. The van der Waals surface area contributed by atoms with Crippen molar-refractivity contribution in [2.24, 2.45) is 5.73 Å². The molecule has 0 atom stereocenters. The van der Waals surface area contributed by atoms with E-state index in [1.807, 2.05) is 0 Å². The molecule has 0 radical (unpaired) electrons. The van der Waals surface area contributed by atoms with Gasteiger partial charge in [-0.15, -0.1) is 12.4 Å². The van der Waals surface area contributed by atoms with Crippen molar-refractivity contribution < 1.29 is 0 Å². The van der Waals surface area contributed by atoms with Crippen molar-refractivity contribution in [2.75, 3.05) is 0 Å². The molecular weight excluding hydrogens is 182 g/mol. The molecule has 0 heterocycles. The second kappa shape index (κ2) is 4.64. The van der Waals surface area contributed by atoms with E-state index in [2.05, 4.69) is 24.3 Å². The Balaban J connectivity index is 0.000000845. The smallest absolute Gasteiger partial charge is 0.0178 e. The Kier molecular flexibility index (Phi) is 3.76. The third-order valence-electron chi connectivity index (χ3n) is 2.76. The first kappa shape index (κ1) is 10.6. The molecule has 0 unspecified atom stereocenters. The Labute approximate surface area is 85.7 Å². The van der Waals surface area contributed by atoms with Crippen LogP contribution in [0.3, 0.4) is 0 Å². The van der Waals surface area contributed by atoms with Crippen molar-refractivity contribution >= 4 is 12.4 Å². The zero-order chi connectivity index (χ0) is 8.39. The normalized spacial score (nSPS) is 16.1. The van der Waals surface area contributed by atoms with E-state index in [1.165, 1.54) is 30.4 Å². The minimum Gasteiger partial charge on any atom is -0.326 e. The SMILES string of the molecule is Cl.NCc1cccc(C2CCC2)c1. The van der Waals surface area contributed by atoms with Crippen LogP contribution in [0, 0.1) is 0 Å². The third kappa shape index (κ3) is 2.23. The van der Waals surface area contributed by atoms with E-state index < -0.39 is 0 Å². The van der Waals surface area contributed by atoms with Gasteiger partial charge in [0.05, 0.1) is 0 Å². The molecule has 1 nitrogen and oxygen atoms in total. The summed E-state index contributed by atoms with van der Waals surface area (Å²) < 4.78 is 0. The molecule has 13 heavy (non-hydrogen) atoms. The lowest BCUT2D eigenvalue weighted by molar-refractivity contribution is 0.419. The highest BCUT2D eigenvalue weighted by molar-refractivity contribution is 5.85. The van der Waals surface area contributed by atoms with E-state index in [9.17, 15) is 0 Å². The van der Waals surface area contributed by atoms with E-state index >= 15 is 0 Å². The summed E-state index contributed by atoms with van der Waals surface area (Å²) in [5.41, 5.74) is 8.33. The number of halogens is 1. The maximum Gasteiger partial charge on any atom is 0.0178 e. The predicted octanol–water partition coefficient (Wildman–Crippen LogP) is 2.83. The highest BCUT2D eigenvalue weighted by atomic mass is 35.5. The zero-order valence-corrected chi connectivity index (χ0v) is 8.52. The lowest BCUT2D eigenvalue weighted by Crippen LogP contribution is -2.09. The van der Waals surface area contributed by atoms with Crippen molar-refractivity contribution in [3.8, 4) is 0 Å². The fourth-order valence-electron chi connectivity index (χ4n) is 1.72. The number of hydrogen-bond acceptors (Lipinski definition) is 1. The van der Waals surface area contributed by atoms with E-state index in [1.54, 1.807) is 0 Å². The maximum absolute atomic E-state index is 5.58. The number of benzene rings is 1. The first-order chi connectivity index (χ1) is 5.90. The summed E-state index contributed by atoms with van der Waals surface area (Å²) in [6.07, 6.45) is 4.14. The summed E-state index contributed by atoms with van der Waals surface area (Å²) in [6, 6.07) is 8.70. The van der Waals surface area contributed by atoms with Crippen LogP contribution in [0.2, 0.25) is 0 Å². The monoisotopic (exact) mass is 197 g/mol. The van der Waals surface area contributed by atoms with Gasteiger partial charge in [0.25, 0.3) is 0 Å². The molecule has 0 bridgehead atoms. The van der Waals surface area contributed by atoms with Crippen LogP contribution < -0.4 is 5.73 Å². The Bertz CT molecular complexity index is 269. The zero-order valence-electron chi connectivity index (χ0n) is 7.70. The van der Waals surface area contributed by atoms with Gasteiger partial charge in [0.15, 0.2) is 0 Å². The van der Waals surface area contributed by atoms with Crippen LogP contribution in [0.4, 0.5) is 0 Å². The molecule has 2 rings (SSSR count). The van der Waals surface area contributed by atoms with Crippen molar-refractivity contribution in [3.63, 3.8) is 0 Å². The molecule has 0 saturated heterocycles. The molecule has 0 amide bonds. The Hall–Kier alpha value is -0.530. The summed E-state index contributed by atoms with van der Waals surface area (Å²) >= 11 is 0. The van der Waals surface area contributed by atoms with Crippen LogP contribution in [0.25, 0.3) is 0 Å². The Morgan fingerprint density at radius 2 is 2.08 bits per heavy atom. The molecule has 2 N–H and O–H groups in total. The van der Waals surface area contributed by atoms with Gasteiger partial charge in [-0.05, 0) is 29.9 Å². The van der Waals surface area contributed by atoms with E-state index in [4.69, 9.17) is 5.73 Å². The van der Waals surface area contributed by atoms with Gasteiger partial charge in [-0.3, -0.25) is 0 Å². The quantitative estimate of drug-likeness (QED) is 0.776. The fraction of sp³-hybridized carbons (Fsp3) is 0.455. The van der Waals surface area contributed by atoms with E-state index in [0.717, 1.165) is 5.92 Å². The molecule has 72 valence electrons. The van der Waals surface area contributed by atoms with Crippen molar-refractivity contribution in [1.29, 1.82) is 0 Å². The van der Waals surface area contributed by atoms with Crippen LogP contribution in [0.15, 0.2) is 24.3 Å². The van der Waals surface area contributed by atoms with Crippen LogP contribution in [-0.4, -0.2) is 0 Å². The molecule has 1 saturated carbocycles. The molecule has 1 aromatic carbocycles. The van der Waals surface area contributed by atoms with Crippen LogP contribution in [0.1, 0.15) is 36.3 Å². The highest BCUT2D eigenvalue weighted by Crippen LogP contribution is 2.36. The molecule has 2 heteroatoms. The molecule has 0 aliphatic heterocycles. The van der Waals surface area contributed by atoms with Crippen LogP contribution >= 0.6 is 12.4 Å². The van der Waals surface area contributed by atoms with Gasteiger partial charge in [-0.25, -0.2) is 0 Å². The first-order valence-electron chi connectivity index (χ1n) is 4.69. The van der Waals surface area contributed by atoms with Crippen molar-refractivity contribution in [3.05, 3.63) is 35.4 Å². The molecule has 0 aromatic heterocycles. The molecule has 0 spiro atoms. The van der Waals surface area contributed by atoms with Gasteiger partial charge in [0.2, 0.25) is 0 Å². The molecule has 1 aromatic rings. The summed E-state index contributed by atoms with van der Waals surface area (Å²) in [6.45, 7) is 0.667. The summed E-state index contributed by atoms with van der Waals surface area (Å²) in [5.74, 6) is 0.830. The molecule has 1 aliphatic carbocycles. The fourth-order valence-corrected chi connectivity index (χ4v) is 1.72. The Morgan fingerprint density at radius 3 is 2.62 bits per heavy atom. The molecule has 1 aliphatic rings. The number of rotatable bonds is 2. The lowest BCUT2D eigenvalue weighted by Gasteiger charge is -2.26. The Morgan fingerprint density at radius 1 is 1.31 bits per heavy atom. The minimum absolute atomic E-state index is 0. The van der Waals surface area contributed by atoms with E-state index in [-0.39, 0.29) is 12.4 Å². The van der Waals surface area contributed by atoms with Gasteiger partial charge in [0.1, 0.15) is 0 Å². The van der Waals surface area contributed by atoms with Crippen LogP contribution in [0.5, 0.6) is 0 Å². The summed E-state index contributed by atoms with van der Waals surface area (Å²) in [4.78, 5) is 0. The van der Waals surface area contributed by atoms with E-state index in [0.29, 0.717) is 6.54 Å². The third-order valence-corrected chi connectivity index (χ3v) is 2.76. The largest absolute Gasteiger partial charge is 0.326 e. The lowest BCUT2D eigenvalue weighted by atomic mass is 9.80. The predicted molar refractivity (Wildman–Crippen MR) is 58.2 cm³/mol. The van der Waals surface area contributed by atoms with Gasteiger partial charge in [-0.2, -0.15) is 0 Å². The van der Waals surface area contributed by atoms with Gasteiger partial charge in [0, 0.05) is 6.54 Å². The second-order valence-electron chi connectivity index (χ2n) is 3.58. The average Bonchev–Trinajstić information content (AvgIpc) is 2.02. The first-order valence-corrected chi connectivity index (χ1v) is 4.69. The standard InChI is InChI=1S/C11H15N.ClH/c12-8-9-3-1-6-11(7-9)10-4-2-5-10;/h1,3,6-7,10H,2,4-5,8,12H2;1H. The average molecular weight is 198 g/mol. The summed E-state index contributed by atoms with van der Waals surface area (Å²) in [5, 5.41) is 0. The molecule has 1 fully saturated rings. The van der Waals surface area contributed by atoms with Crippen LogP contribution in [-0.2, 0) is 6.54 Å². The van der Waals surface area contributed by atoms with Gasteiger partial charge < -0.3 is 5.73 Å². The maximum atomic E-state index is 5.58. The van der Waals surface area contributed by atoms with Crippen molar-refractivity contribution in [2.45, 2.75) is 31.7 Å². The van der Waals surface area contributed by atoms with Gasteiger partial charge in [-0.1, -0.05) is 30.7 Å². The van der Waals surface area contributed by atoms with Gasteiger partial charge >= 0.3 is 0 Å². The minimum atomic E-state index is 0. The summed E-state index contributed by atoms with van der Waals surface area (Å²) in [7, 11) is 0. The number of hydrogen-bond donors (Lipinski definition) is 1. The topological polar surface area (TPSA) is 26.0 Å². The number of nitrogens with two attached hydrogens (primary N) is 1. The van der Waals surface area contributed by atoms with Crippen molar-refractivity contribution in [1.82, 2.24) is 0 Å². The highest BCUT2D eigenvalue weighted by Gasteiger charge is 2.18.